The summed E-state index contributed by atoms with van der Waals surface area (Å²) < 4.78 is 0. The van der Waals surface area contributed by atoms with E-state index in [0.29, 0.717) is 6.42 Å². The molecule has 1 amide bonds. The number of likely N-dealkylation sites (tertiary alicyclic amines) is 1. The van der Waals surface area contributed by atoms with Crippen LogP contribution in [0.2, 0.25) is 0 Å². The van der Waals surface area contributed by atoms with Crippen LogP contribution in [0.5, 0.6) is 0 Å². The highest BCUT2D eigenvalue weighted by atomic mass is 16.3. The van der Waals surface area contributed by atoms with E-state index in [1.807, 2.05) is 17.0 Å². The van der Waals surface area contributed by atoms with E-state index in [-0.39, 0.29) is 18.6 Å². The molecule has 0 aromatic heterocycles. The standard InChI is InChI=1S/C18H21NO2/c20-13-17-6-3-11-19(17)18(21)10-8-14-7-9-15-4-1-2-5-16(15)12-14/h1-2,4-5,7,9,12,17,20H,3,6,8,10-11,13H2. The molecule has 0 bridgehead atoms. The second kappa shape index (κ2) is 6.27. The van der Waals surface area contributed by atoms with Gasteiger partial charge in [-0.05, 0) is 35.6 Å². The summed E-state index contributed by atoms with van der Waals surface area (Å²) in [5.74, 6) is 0.166. The topological polar surface area (TPSA) is 40.5 Å². The molecule has 3 heteroatoms. The van der Waals surface area contributed by atoms with Crippen molar-refractivity contribution in [2.24, 2.45) is 0 Å². The van der Waals surface area contributed by atoms with Gasteiger partial charge >= 0.3 is 0 Å². The molecular weight excluding hydrogens is 262 g/mol. The third-order valence-electron chi connectivity index (χ3n) is 4.35. The van der Waals surface area contributed by atoms with Gasteiger partial charge in [-0.25, -0.2) is 0 Å². The van der Waals surface area contributed by atoms with E-state index < -0.39 is 0 Å². The minimum absolute atomic E-state index is 0.0362. The minimum atomic E-state index is 0.0362. The summed E-state index contributed by atoms with van der Waals surface area (Å²) >= 11 is 0. The summed E-state index contributed by atoms with van der Waals surface area (Å²) in [5, 5.41) is 11.7. The van der Waals surface area contributed by atoms with Crippen molar-refractivity contribution >= 4 is 16.7 Å². The number of hydrogen-bond donors (Lipinski definition) is 1. The van der Waals surface area contributed by atoms with Gasteiger partial charge in [0, 0.05) is 13.0 Å². The van der Waals surface area contributed by atoms with Gasteiger partial charge in [-0.15, -0.1) is 0 Å². The van der Waals surface area contributed by atoms with Crippen LogP contribution in [0.4, 0.5) is 0 Å². The van der Waals surface area contributed by atoms with Crippen LogP contribution in [-0.2, 0) is 11.2 Å². The van der Waals surface area contributed by atoms with Crippen molar-refractivity contribution in [2.45, 2.75) is 31.7 Å². The van der Waals surface area contributed by atoms with E-state index in [4.69, 9.17) is 0 Å². The smallest absolute Gasteiger partial charge is 0.223 e. The number of aryl methyl sites for hydroxylation is 1. The number of rotatable bonds is 4. The summed E-state index contributed by atoms with van der Waals surface area (Å²) in [6.07, 6.45) is 3.22. The van der Waals surface area contributed by atoms with Gasteiger partial charge in [0.15, 0.2) is 0 Å². The first-order valence-corrected chi connectivity index (χ1v) is 7.66. The number of benzene rings is 2. The minimum Gasteiger partial charge on any atom is -0.394 e. The largest absolute Gasteiger partial charge is 0.394 e. The average Bonchev–Trinajstić information content (AvgIpc) is 3.01. The second-order valence-corrected chi connectivity index (χ2v) is 5.75. The molecule has 1 heterocycles. The number of carbonyl (C=O) groups is 1. The summed E-state index contributed by atoms with van der Waals surface area (Å²) in [6, 6.07) is 14.7. The van der Waals surface area contributed by atoms with Gasteiger partial charge in [-0.3, -0.25) is 4.79 Å². The molecule has 0 spiro atoms. The molecule has 0 radical (unpaired) electrons. The van der Waals surface area contributed by atoms with Crippen LogP contribution in [0.25, 0.3) is 10.8 Å². The third kappa shape index (κ3) is 3.08. The van der Waals surface area contributed by atoms with E-state index >= 15 is 0 Å². The fraction of sp³-hybridized carbons (Fsp3) is 0.389. The van der Waals surface area contributed by atoms with Crippen molar-refractivity contribution in [2.75, 3.05) is 13.2 Å². The molecule has 0 aliphatic carbocycles. The Balaban J connectivity index is 1.64. The lowest BCUT2D eigenvalue weighted by Gasteiger charge is -2.23. The fourth-order valence-corrected chi connectivity index (χ4v) is 3.14. The van der Waals surface area contributed by atoms with E-state index in [0.717, 1.165) is 25.8 Å². The maximum Gasteiger partial charge on any atom is 0.223 e. The van der Waals surface area contributed by atoms with Crippen molar-refractivity contribution < 1.29 is 9.90 Å². The molecule has 2 aromatic rings. The average molecular weight is 283 g/mol. The summed E-state index contributed by atoms with van der Waals surface area (Å²) in [6.45, 7) is 0.878. The van der Waals surface area contributed by atoms with E-state index in [2.05, 4.69) is 30.3 Å². The van der Waals surface area contributed by atoms with Gasteiger partial charge in [0.05, 0.1) is 12.6 Å². The number of amides is 1. The molecular formula is C18H21NO2. The van der Waals surface area contributed by atoms with Crippen LogP contribution in [-0.4, -0.2) is 35.1 Å². The molecule has 3 nitrogen and oxygen atoms in total. The van der Waals surface area contributed by atoms with Crippen molar-refractivity contribution in [1.29, 1.82) is 0 Å². The number of hydrogen-bond acceptors (Lipinski definition) is 2. The third-order valence-corrected chi connectivity index (χ3v) is 4.35. The van der Waals surface area contributed by atoms with Gasteiger partial charge in [0.1, 0.15) is 0 Å². The molecule has 3 rings (SSSR count). The molecule has 1 fully saturated rings. The normalized spacial score (nSPS) is 18.3. The van der Waals surface area contributed by atoms with E-state index in [1.165, 1.54) is 16.3 Å². The Bertz CT molecular complexity index is 638. The zero-order valence-electron chi connectivity index (χ0n) is 12.2. The lowest BCUT2D eigenvalue weighted by molar-refractivity contribution is -0.132. The second-order valence-electron chi connectivity index (χ2n) is 5.75. The van der Waals surface area contributed by atoms with Crippen LogP contribution >= 0.6 is 0 Å². The monoisotopic (exact) mass is 283 g/mol. The number of carbonyl (C=O) groups excluding carboxylic acids is 1. The highest BCUT2D eigenvalue weighted by Gasteiger charge is 2.27. The zero-order valence-corrected chi connectivity index (χ0v) is 12.2. The Morgan fingerprint density at radius 1 is 1.19 bits per heavy atom. The highest BCUT2D eigenvalue weighted by molar-refractivity contribution is 5.83. The maximum atomic E-state index is 12.3. The Hall–Kier alpha value is -1.87. The SMILES string of the molecule is O=C(CCc1ccc2ccccc2c1)N1CCCC1CO. The zero-order chi connectivity index (χ0) is 14.7. The molecule has 1 saturated heterocycles. The predicted octanol–water partition coefficient (Wildman–Crippen LogP) is 2.76. The molecule has 21 heavy (non-hydrogen) atoms. The summed E-state index contributed by atoms with van der Waals surface area (Å²) in [7, 11) is 0. The summed E-state index contributed by atoms with van der Waals surface area (Å²) in [4.78, 5) is 14.1. The van der Waals surface area contributed by atoms with Crippen molar-refractivity contribution in [3.8, 4) is 0 Å². The molecule has 1 aliphatic heterocycles. The van der Waals surface area contributed by atoms with Gasteiger partial charge < -0.3 is 10.0 Å². The van der Waals surface area contributed by atoms with E-state index in [9.17, 15) is 9.90 Å². The molecule has 1 aliphatic rings. The lowest BCUT2D eigenvalue weighted by atomic mass is 10.0. The number of aliphatic hydroxyl groups excluding tert-OH is 1. The van der Waals surface area contributed by atoms with Gasteiger partial charge in [-0.1, -0.05) is 42.5 Å². The first kappa shape index (κ1) is 14.1. The number of fused-ring (bicyclic) bond motifs is 1. The number of nitrogens with zero attached hydrogens (tertiary/aromatic N) is 1. The Morgan fingerprint density at radius 3 is 2.81 bits per heavy atom. The van der Waals surface area contributed by atoms with Gasteiger partial charge in [-0.2, -0.15) is 0 Å². The van der Waals surface area contributed by atoms with Crippen LogP contribution < -0.4 is 0 Å². The van der Waals surface area contributed by atoms with Crippen LogP contribution in [0.3, 0.4) is 0 Å². The molecule has 1 N–H and O–H groups in total. The fourth-order valence-electron chi connectivity index (χ4n) is 3.14. The van der Waals surface area contributed by atoms with Crippen molar-refractivity contribution in [3.63, 3.8) is 0 Å². The van der Waals surface area contributed by atoms with Crippen LogP contribution in [0.1, 0.15) is 24.8 Å². The van der Waals surface area contributed by atoms with Crippen molar-refractivity contribution in [1.82, 2.24) is 4.90 Å². The molecule has 2 aromatic carbocycles. The Kier molecular flexibility index (Phi) is 4.20. The van der Waals surface area contributed by atoms with Gasteiger partial charge in [0.2, 0.25) is 5.91 Å². The number of aliphatic hydroxyl groups is 1. The summed E-state index contributed by atoms with van der Waals surface area (Å²) in [5.41, 5.74) is 1.20. The predicted molar refractivity (Wildman–Crippen MR) is 84.1 cm³/mol. The molecule has 0 saturated carbocycles. The lowest BCUT2D eigenvalue weighted by Crippen LogP contribution is -2.37. The van der Waals surface area contributed by atoms with E-state index in [1.54, 1.807) is 0 Å². The quantitative estimate of drug-likeness (QED) is 0.937. The maximum absolute atomic E-state index is 12.3. The molecule has 1 atom stereocenters. The van der Waals surface area contributed by atoms with Crippen LogP contribution in [0, 0.1) is 0 Å². The Morgan fingerprint density at radius 2 is 2.00 bits per heavy atom. The first-order valence-electron chi connectivity index (χ1n) is 7.66. The van der Waals surface area contributed by atoms with Crippen LogP contribution in [0.15, 0.2) is 42.5 Å². The first-order chi connectivity index (χ1) is 10.3. The molecule has 110 valence electrons. The van der Waals surface area contributed by atoms with Crippen molar-refractivity contribution in [3.05, 3.63) is 48.0 Å². The molecule has 1 unspecified atom stereocenters. The van der Waals surface area contributed by atoms with Gasteiger partial charge in [0.25, 0.3) is 0 Å². The Labute approximate surface area is 125 Å². The highest BCUT2D eigenvalue weighted by Crippen LogP contribution is 2.20.